The maximum absolute atomic E-state index is 12.0. The fourth-order valence-corrected chi connectivity index (χ4v) is 2.60. The van der Waals surface area contributed by atoms with Crippen LogP contribution >= 0.6 is 0 Å². The number of aromatic amines is 1. The highest BCUT2D eigenvalue weighted by molar-refractivity contribution is 7.89. The van der Waals surface area contributed by atoms with Crippen molar-refractivity contribution >= 4 is 10.0 Å². The van der Waals surface area contributed by atoms with Gasteiger partial charge in [0.05, 0.1) is 11.0 Å². The normalized spacial score (nSPS) is 13.6. The maximum atomic E-state index is 12.0. The molecule has 0 saturated carbocycles. The van der Waals surface area contributed by atoms with Crippen molar-refractivity contribution < 1.29 is 13.2 Å². The Morgan fingerprint density at radius 1 is 1.47 bits per heavy atom. The van der Waals surface area contributed by atoms with Crippen molar-refractivity contribution in [2.24, 2.45) is 0 Å². The molecule has 0 radical (unpaired) electrons. The van der Waals surface area contributed by atoms with Gasteiger partial charge in [0.1, 0.15) is 0 Å². The van der Waals surface area contributed by atoms with Crippen LogP contribution in [0.25, 0.3) is 0 Å². The van der Waals surface area contributed by atoms with E-state index in [2.05, 4.69) is 21.9 Å². The third-order valence-corrected chi connectivity index (χ3v) is 4.14. The summed E-state index contributed by atoms with van der Waals surface area (Å²) in [6, 6.07) is 1.64. The highest BCUT2D eigenvalue weighted by atomic mass is 32.2. The lowest BCUT2D eigenvalue weighted by atomic mass is 10.4. The van der Waals surface area contributed by atoms with Gasteiger partial charge >= 0.3 is 0 Å². The zero-order chi connectivity index (χ0) is 14.3. The Labute approximate surface area is 115 Å². The number of nitrogens with one attached hydrogen (secondary N) is 3. The monoisotopic (exact) mass is 289 g/mol. The smallest absolute Gasteiger partial charge is 0.242 e. The lowest BCUT2D eigenvalue weighted by molar-refractivity contribution is 0.122. The molecule has 3 N–H and O–H groups in total. The molecule has 0 saturated heterocycles. The van der Waals surface area contributed by atoms with Gasteiger partial charge in [0.25, 0.3) is 0 Å². The fourth-order valence-electron chi connectivity index (χ4n) is 1.47. The van der Waals surface area contributed by atoms with Crippen molar-refractivity contribution in [1.29, 1.82) is 0 Å². The van der Waals surface area contributed by atoms with Crippen molar-refractivity contribution in [3.8, 4) is 0 Å². The Kier molecular flexibility index (Phi) is 6.50. The maximum Gasteiger partial charge on any atom is 0.242 e. The van der Waals surface area contributed by atoms with Crippen LogP contribution < -0.4 is 10.0 Å². The molecule has 0 spiro atoms. The molecule has 0 aliphatic carbocycles. The van der Waals surface area contributed by atoms with E-state index in [0.29, 0.717) is 6.54 Å². The lowest BCUT2D eigenvalue weighted by Gasteiger charge is -2.10. The summed E-state index contributed by atoms with van der Waals surface area (Å²) >= 11 is 0. The first-order chi connectivity index (χ1) is 8.99. The van der Waals surface area contributed by atoms with Gasteiger partial charge in [-0.05, 0) is 26.0 Å². The van der Waals surface area contributed by atoms with Crippen LogP contribution in [0.15, 0.2) is 17.2 Å². The predicted octanol–water partition coefficient (Wildman–Crippen LogP) is 0.828. The Balaban J connectivity index is 2.58. The summed E-state index contributed by atoms with van der Waals surface area (Å²) < 4.78 is 31.5. The highest BCUT2D eigenvalue weighted by Crippen LogP contribution is 2.10. The van der Waals surface area contributed by atoms with Crippen molar-refractivity contribution in [2.75, 3.05) is 20.2 Å². The number of ether oxygens (including phenoxy) is 1. The molecular formula is C12H23N3O3S. The van der Waals surface area contributed by atoms with Crippen molar-refractivity contribution in [3.63, 3.8) is 0 Å². The lowest BCUT2D eigenvalue weighted by Crippen LogP contribution is -2.31. The molecule has 1 rings (SSSR count). The standard InChI is InChI=1S/C12H23N3O3S/c1-4-5-13-8-11-6-12(9-14-11)19(16,17)15-7-10(2)18-3/h6,9-10,13-15H,4-5,7-8H2,1-3H3. The second kappa shape index (κ2) is 7.64. The summed E-state index contributed by atoms with van der Waals surface area (Å²) in [5, 5.41) is 3.21. The number of hydrogen-bond acceptors (Lipinski definition) is 4. The molecule has 6 nitrogen and oxygen atoms in total. The van der Waals surface area contributed by atoms with Gasteiger partial charge in [-0.1, -0.05) is 6.92 Å². The second-order valence-electron chi connectivity index (χ2n) is 4.44. The molecule has 1 heterocycles. The van der Waals surface area contributed by atoms with Crippen molar-refractivity contribution in [3.05, 3.63) is 18.0 Å². The number of sulfonamides is 1. The SMILES string of the molecule is CCCNCc1cc(S(=O)(=O)NCC(C)OC)c[nH]1. The van der Waals surface area contributed by atoms with E-state index < -0.39 is 10.0 Å². The molecule has 1 aromatic heterocycles. The number of aromatic nitrogens is 1. The summed E-state index contributed by atoms with van der Waals surface area (Å²) in [6.07, 6.45) is 2.39. The first kappa shape index (κ1) is 16.2. The molecule has 0 amide bonds. The minimum Gasteiger partial charge on any atom is -0.380 e. The molecule has 110 valence electrons. The van der Waals surface area contributed by atoms with Gasteiger partial charge in [-0.2, -0.15) is 0 Å². The summed E-state index contributed by atoms with van der Waals surface area (Å²) in [4.78, 5) is 3.21. The first-order valence-electron chi connectivity index (χ1n) is 6.40. The minimum absolute atomic E-state index is 0.153. The van der Waals surface area contributed by atoms with E-state index in [4.69, 9.17) is 4.74 Å². The second-order valence-corrected chi connectivity index (χ2v) is 6.20. The van der Waals surface area contributed by atoms with Gasteiger partial charge in [0.15, 0.2) is 0 Å². The molecule has 7 heteroatoms. The zero-order valence-corrected chi connectivity index (χ0v) is 12.5. The van der Waals surface area contributed by atoms with Crippen molar-refractivity contribution in [2.45, 2.75) is 37.8 Å². The quantitative estimate of drug-likeness (QED) is 0.588. The van der Waals surface area contributed by atoms with Crippen LogP contribution in [0.5, 0.6) is 0 Å². The van der Waals surface area contributed by atoms with Crippen molar-refractivity contribution in [1.82, 2.24) is 15.0 Å². The topological polar surface area (TPSA) is 83.2 Å². The number of H-pyrrole nitrogens is 1. The number of rotatable bonds is 9. The Morgan fingerprint density at radius 3 is 2.84 bits per heavy atom. The van der Waals surface area contributed by atoms with E-state index in [1.807, 2.05) is 0 Å². The summed E-state index contributed by atoms with van der Waals surface area (Å²) in [5.41, 5.74) is 0.855. The van der Waals surface area contributed by atoms with Crippen LogP contribution in [0.4, 0.5) is 0 Å². The van der Waals surface area contributed by atoms with Crippen LogP contribution in [0.2, 0.25) is 0 Å². The third kappa shape index (κ3) is 5.32. The molecule has 0 aliphatic rings. The zero-order valence-electron chi connectivity index (χ0n) is 11.7. The molecular weight excluding hydrogens is 266 g/mol. The molecule has 1 aromatic rings. The van der Waals surface area contributed by atoms with E-state index in [0.717, 1.165) is 18.7 Å². The van der Waals surface area contributed by atoms with E-state index in [1.54, 1.807) is 20.1 Å². The van der Waals surface area contributed by atoms with Crippen LogP contribution in [0.3, 0.4) is 0 Å². The summed E-state index contributed by atoms with van der Waals surface area (Å²) in [6.45, 7) is 5.69. The number of hydrogen-bond donors (Lipinski definition) is 3. The molecule has 19 heavy (non-hydrogen) atoms. The molecule has 0 aromatic carbocycles. The molecule has 0 aliphatic heterocycles. The van der Waals surface area contributed by atoms with E-state index >= 15 is 0 Å². The van der Waals surface area contributed by atoms with Crippen LogP contribution in [0, 0.1) is 0 Å². The predicted molar refractivity (Wildman–Crippen MR) is 74.4 cm³/mol. The summed E-state index contributed by atoms with van der Waals surface area (Å²) in [7, 11) is -1.92. The minimum atomic E-state index is -3.46. The van der Waals surface area contributed by atoms with Gasteiger partial charge in [0.2, 0.25) is 10.0 Å². The molecule has 1 atom stereocenters. The fraction of sp³-hybridized carbons (Fsp3) is 0.667. The Morgan fingerprint density at radius 2 is 2.21 bits per heavy atom. The van der Waals surface area contributed by atoms with Crippen LogP contribution in [-0.4, -0.2) is 39.7 Å². The average Bonchev–Trinajstić information content (AvgIpc) is 2.86. The largest absolute Gasteiger partial charge is 0.380 e. The number of methoxy groups -OCH3 is 1. The highest BCUT2D eigenvalue weighted by Gasteiger charge is 2.16. The van der Waals surface area contributed by atoms with Crippen LogP contribution in [-0.2, 0) is 21.3 Å². The summed E-state index contributed by atoms with van der Waals surface area (Å²) in [5.74, 6) is 0. The van der Waals surface area contributed by atoms with E-state index in [9.17, 15) is 8.42 Å². The Bertz CT molecular complexity index is 470. The van der Waals surface area contributed by atoms with Crippen LogP contribution in [0.1, 0.15) is 26.0 Å². The van der Waals surface area contributed by atoms with E-state index in [-0.39, 0.29) is 17.5 Å². The van der Waals surface area contributed by atoms with Gasteiger partial charge < -0.3 is 15.0 Å². The molecule has 0 bridgehead atoms. The Hall–Kier alpha value is -0.890. The average molecular weight is 289 g/mol. The van der Waals surface area contributed by atoms with E-state index in [1.165, 1.54) is 6.20 Å². The molecule has 1 unspecified atom stereocenters. The first-order valence-corrected chi connectivity index (χ1v) is 7.88. The van der Waals surface area contributed by atoms with Gasteiger partial charge in [-0.25, -0.2) is 13.1 Å². The third-order valence-electron chi connectivity index (χ3n) is 2.73. The van der Waals surface area contributed by atoms with Gasteiger partial charge in [-0.15, -0.1) is 0 Å². The van der Waals surface area contributed by atoms with Gasteiger partial charge in [0, 0.05) is 32.1 Å². The van der Waals surface area contributed by atoms with Gasteiger partial charge in [-0.3, -0.25) is 0 Å². The molecule has 0 fully saturated rings.